The number of amides is 1. The second-order valence-corrected chi connectivity index (χ2v) is 4.98. The van der Waals surface area contributed by atoms with Gasteiger partial charge in [0.2, 0.25) is 5.91 Å². The number of halogens is 1. The van der Waals surface area contributed by atoms with E-state index in [2.05, 4.69) is 5.32 Å². The summed E-state index contributed by atoms with van der Waals surface area (Å²) in [4.78, 5) is 23.3. The van der Waals surface area contributed by atoms with Gasteiger partial charge in [0, 0.05) is 12.5 Å². The first-order valence-corrected chi connectivity index (χ1v) is 6.49. The predicted molar refractivity (Wildman–Crippen MR) is 73.5 cm³/mol. The number of ketones is 1. The summed E-state index contributed by atoms with van der Waals surface area (Å²) in [7, 11) is 0. The summed E-state index contributed by atoms with van der Waals surface area (Å²) in [5.74, 6) is -0.392. The minimum absolute atomic E-state index is 0.189. The lowest BCUT2D eigenvalue weighted by Gasteiger charge is -2.05. The number of hydrogen-bond acceptors (Lipinski definition) is 3. The molecular formula is C13H10ClNO2S. The Morgan fingerprint density at radius 2 is 1.89 bits per heavy atom. The molecule has 92 valence electrons. The Morgan fingerprint density at radius 3 is 2.56 bits per heavy atom. The van der Waals surface area contributed by atoms with Crippen LogP contribution in [0, 0.1) is 0 Å². The highest BCUT2D eigenvalue weighted by atomic mass is 35.5. The highest BCUT2D eigenvalue weighted by Gasteiger charge is 2.17. The lowest BCUT2D eigenvalue weighted by atomic mass is 10.1. The number of thiophene rings is 1. The van der Waals surface area contributed by atoms with E-state index in [-0.39, 0.29) is 11.7 Å². The van der Waals surface area contributed by atoms with Gasteiger partial charge >= 0.3 is 0 Å². The van der Waals surface area contributed by atoms with Crippen molar-refractivity contribution in [3.05, 3.63) is 51.9 Å². The van der Waals surface area contributed by atoms with Crippen molar-refractivity contribution in [2.45, 2.75) is 6.92 Å². The molecule has 1 aromatic carbocycles. The van der Waals surface area contributed by atoms with Crippen LogP contribution < -0.4 is 5.32 Å². The molecule has 0 fully saturated rings. The van der Waals surface area contributed by atoms with Crippen LogP contribution in [-0.4, -0.2) is 11.7 Å². The van der Waals surface area contributed by atoms with Crippen molar-refractivity contribution in [1.82, 2.24) is 0 Å². The fourth-order valence-electron chi connectivity index (χ4n) is 1.54. The molecule has 1 heterocycles. The van der Waals surface area contributed by atoms with Gasteiger partial charge in [-0.1, -0.05) is 23.7 Å². The van der Waals surface area contributed by atoms with Crippen LogP contribution in [0.4, 0.5) is 5.00 Å². The lowest BCUT2D eigenvalue weighted by Crippen LogP contribution is -2.09. The number of benzene rings is 1. The first-order chi connectivity index (χ1) is 8.59. The van der Waals surface area contributed by atoms with Gasteiger partial charge in [-0.2, -0.15) is 0 Å². The standard InChI is InChI=1S/C13H10ClNO2S/c1-8(16)15-13-10(6-7-18-13)12(17)9-4-2-3-5-11(9)14/h2-7H,1H3,(H,15,16). The van der Waals surface area contributed by atoms with Crippen molar-refractivity contribution in [2.24, 2.45) is 0 Å². The first-order valence-electron chi connectivity index (χ1n) is 5.24. The molecule has 3 nitrogen and oxygen atoms in total. The molecule has 0 unspecified atom stereocenters. The van der Waals surface area contributed by atoms with Gasteiger partial charge in [-0.05, 0) is 23.6 Å². The third-order valence-electron chi connectivity index (χ3n) is 2.32. The van der Waals surface area contributed by atoms with Crippen LogP contribution in [0.1, 0.15) is 22.8 Å². The molecule has 1 aromatic heterocycles. The van der Waals surface area contributed by atoms with Crippen LogP contribution in [0.5, 0.6) is 0 Å². The van der Waals surface area contributed by atoms with E-state index in [0.717, 1.165) is 0 Å². The van der Waals surface area contributed by atoms with Gasteiger partial charge in [-0.3, -0.25) is 9.59 Å². The third kappa shape index (κ3) is 2.60. The Labute approximate surface area is 113 Å². The lowest BCUT2D eigenvalue weighted by molar-refractivity contribution is -0.114. The molecule has 0 saturated heterocycles. The summed E-state index contributed by atoms with van der Waals surface area (Å²) in [5, 5.41) is 5.35. The average molecular weight is 280 g/mol. The monoisotopic (exact) mass is 279 g/mol. The van der Waals surface area contributed by atoms with Gasteiger partial charge in [-0.15, -0.1) is 11.3 Å². The molecule has 1 amide bonds. The van der Waals surface area contributed by atoms with Crippen molar-refractivity contribution in [3.63, 3.8) is 0 Å². The maximum atomic E-state index is 12.3. The molecule has 18 heavy (non-hydrogen) atoms. The molecule has 2 aromatic rings. The minimum atomic E-state index is -0.203. The van der Waals surface area contributed by atoms with Crippen molar-refractivity contribution in [1.29, 1.82) is 0 Å². The first kappa shape index (κ1) is 12.8. The van der Waals surface area contributed by atoms with Crippen molar-refractivity contribution >= 4 is 39.6 Å². The Morgan fingerprint density at radius 1 is 1.17 bits per heavy atom. The van der Waals surface area contributed by atoms with Gasteiger partial charge in [0.15, 0.2) is 5.78 Å². The molecule has 2 rings (SSSR count). The number of nitrogens with one attached hydrogen (secondary N) is 1. The molecule has 0 bridgehead atoms. The normalized spacial score (nSPS) is 10.1. The van der Waals surface area contributed by atoms with E-state index in [0.29, 0.717) is 21.2 Å². The van der Waals surface area contributed by atoms with E-state index in [1.807, 2.05) is 0 Å². The highest BCUT2D eigenvalue weighted by Crippen LogP contribution is 2.28. The van der Waals surface area contributed by atoms with E-state index < -0.39 is 0 Å². The highest BCUT2D eigenvalue weighted by molar-refractivity contribution is 7.14. The second-order valence-electron chi connectivity index (χ2n) is 3.65. The second kappa shape index (κ2) is 5.33. The van der Waals surface area contributed by atoms with Gasteiger partial charge in [0.25, 0.3) is 0 Å². The Balaban J connectivity index is 2.38. The van der Waals surface area contributed by atoms with Crippen LogP contribution in [0.3, 0.4) is 0 Å². The number of rotatable bonds is 3. The van der Waals surface area contributed by atoms with E-state index in [1.54, 1.807) is 35.7 Å². The SMILES string of the molecule is CC(=O)Nc1sccc1C(=O)c1ccccc1Cl. The van der Waals surface area contributed by atoms with Crippen LogP contribution in [0.2, 0.25) is 5.02 Å². The predicted octanol–water partition coefficient (Wildman–Crippen LogP) is 3.59. The van der Waals surface area contributed by atoms with Crippen LogP contribution in [0.25, 0.3) is 0 Å². The van der Waals surface area contributed by atoms with Gasteiger partial charge in [0.05, 0.1) is 10.6 Å². The zero-order valence-corrected chi connectivity index (χ0v) is 11.1. The zero-order valence-electron chi connectivity index (χ0n) is 9.57. The molecule has 5 heteroatoms. The van der Waals surface area contributed by atoms with E-state index in [4.69, 9.17) is 11.6 Å². The Kier molecular flexibility index (Phi) is 3.79. The van der Waals surface area contributed by atoms with E-state index in [1.165, 1.54) is 18.3 Å². The summed E-state index contributed by atoms with van der Waals surface area (Å²) < 4.78 is 0. The molecule has 0 aliphatic carbocycles. The summed E-state index contributed by atoms with van der Waals surface area (Å²) >= 11 is 7.30. The maximum absolute atomic E-state index is 12.3. The number of carbonyl (C=O) groups is 2. The topological polar surface area (TPSA) is 46.2 Å². The average Bonchev–Trinajstić information content (AvgIpc) is 2.76. The largest absolute Gasteiger partial charge is 0.317 e. The zero-order chi connectivity index (χ0) is 13.1. The number of carbonyl (C=O) groups excluding carboxylic acids is 2. The van der Waals surface area contributed by atoms with Gasteiger partial charge in [0.1, 0.15) is 5.00 Å². The summed E-state index contributed by atoms with van der Waals surface area (Å²) in [6.07, 6.45) is 0. The molecule has 0 aliphatic rings. The molecule has 0 radical (unpaired) electrons. The fourth-order valence-corrected chi connectivity index (χ4v) is 2.59. The number of hydrogen-bond donors (Lipinski definition) is 1. The minimum Gasteiger partial charge on any atom is -0.317 e. The smallest absolute Gasteiger partial charge is 0.221 e. The molecule has 0 saturated carbocycles. The Bertz CT molecular complexity index is 607. The van der Waals surface area contributed by atoms with E-state index >= 15 is 0 Å². The molecule has 0 atom stereocenters. The molecule has 0 aliphatic heterocycles. The number of anilines is 1. The van der Waals surface area contributed by atoms with E-state index in [9.17, 15) is 9.59 Å². The van der Waals surface area contributed by atoms with Crippen LogP contribution in [0.15, 0.2) is 35.7 Å². The molecular weight excluding hydrogens is 270 g/mol. The maximum Gasteiger partial charge on any atom is 0.221 e. The van der Waals surface area contributed by atoms with Gasteiger partial charge < -0.3 is 5.32 Å². The quantitative estimate of drug-likeness (QED) is 0.873. The van der Waals surface area contributed by atoms with Crippen molar-refractivity contribution in [3.8, 4) is 0 Å². The molecule has 0 spiro atoms. The van der Waals surface area contributed by atoms with Crippen molar-refractivity contribution in [2.75, 3.05) is 5.32 Å². The third-order valence-corrected chi connectivity index (χ3v) is 3.48. The van der Waals surface area contributed by atoms with Crippen molar-refractivity contribution < 1.29 is 9.59 Å². The summed E-state index contributed by atoms with van der Waals surface area (Å²) in [5.41, 5.74) is 0.896. The van der Waals surface area contributed by atoms with Crippen LogP contribution in [-0.2, 0) is 4.79 Å². The molecule has 1 N–H and O–H groups in total. The Hall–Kier alpha value is -1.65. The van der Waals surface area contributed by atoms with Crippen LogP contribution >= 0.6 is 22.9 Å². The fraction of sp³-hybridized carbons (Fsp3) is 0.0769. The van der Waals surface area contributed by atoms with Gasteiger partial charge in [-0.25, -0.2) is 0 Å². The summed E-state index contributed by atoms with van der Waals surface area (Å²) in [6.45, 7) is 1.41. The summed E-state index contributed by atoms with van der Waals surface area (Å²) in [6, 6.07) is 8.53.